The Bertz CT molecular complexity index is 1160. The van der Waals surface area contributed by atoms with Crippen molar-refractivity contribution in [1.29, 1.82) is 0 Å². The van der Waals surface area contributed by atoms with Crippen LogP contribution in [0.1, 0.15) is 28.7 Å². The molecule has 2 atom stereocenters. The molecule has 30 heavy (non-hydrogen) atoms. The minimum atomic E-state index is -0.456. The maximum Gasteiger partial charge on any atom is 0.269 e. The zero-order chi connectivity index (χ0) is 21.4. The second-order valence-electron chi connectivity index (χ2n) is 7.37. The van der Waals surface area contributed by atoms with Crippen LogP contribution in [0.3, 0.4) is 0 Å². The van der Waals surface area contributed by atoms with Crippen molar-refractivity contribution in [2.45, 2.75) is 32.5 Å². The zero-order valence-electron chi connectivity index (χ0n) is 16.9. The number of carbonyl (C=O) groups is 1. The molecule has 3 heterocycles. The summed E-state index contributed by atoms with van der Waals surface area (Å²) in [6.07, 6.45) is 1.46. The van der Waals surface area contributed by atoms with E-state index >= 15 is 0 Å². The Hall–Kier alpha value is -3.33. The number of aromatic nitrogens is 3. The molecule has 9 heteroatoms. The molecule has 0 bridgehead atoms. The SMILES string of the molecule is CNC(=O)c1ccc(O[C@H]2CN(Cc3ccc4nc(C)c(=O)[nH]c4c3F)[C@@H]2C)cn1. The van der Waals surface area contributed by atoms with Gasteiger partial charge in [0.25, 0.3) is 11.5 Å². The van der Waals surface area contributed by atoms with E-state index in [-0.39, 0.29) is 29.1 Å². The first-order valence-corrected chi connectivity index (χ1v) is 9.64. The number of aromatic amines is 1. The van der Waals surface area contributed by atoms with Crippen molar-refractivity contribution in [3.8, 4) is 5.75 Å². The number of pyridine rings is 1. The lowest BCUT2D eigenvalue weighted by atomic mass is 9.99. The Morgan fingerprint density at radius 3 is 2.83 bits per heavy atom. The molecule has 0 aliphatic carbocycles. The average molecular weight is 411 g/mol. The van der Waals surface area contributed by atoms with E-state index in [0.717, 1.165) is 0 Å². The molecule has 1 aliphatic rings. The topological polar surface area (TPSA) is 100 Å². The second kappa shape index (κ2) is 7.83. The first-order chi connectivity index (χ1) is 14.4. The molecule has 0 unspecified atom stereocenters. The Morgan fingerprint density at radius 1 is 1.37 bits per heavy atom. The number of rotatable bonds is 5. The molecule has 1 fully saturated rings. The first-order valence-electron chi connectivity index (χ1n) is 9.64. The van der Waals surface area contributed by atoms with Gasteiger partial charge in [0.15, 0.2) is 5.82 Å². The van der Waals surface area contributed by atoms with Crippen LogP contribution in [0.15, 0.2) is 35.3 Å². The van der Waals surface area contributed by atoms with Crippen LogP contribution in [0.4, 0.5) is 4.39 Å². The summed E-state index contributed by atoms with van der Waals surface area (Å²) < 4.78 is 20.8. The monoisotopic (exact) mass is 411 g/mol. The molecule has 3 aromatic rings. The Balaban J connectivity index is 1.42. The Labute approximate surface area is 172 Å². The number of H-pyrrole nitrogens is 1. The van der Waals surface area contributed by atoms with Crippen LogP contribution in [-0.2, 0) is 6.54 Å². The molecule has 1 aromatic carbocycles. The van der Waals surface area contributed by atoms with Crippen molar-refractivity contribution in [3.63, 3.8) is 0 Å². The molecular formula is C21H22FN5O3. The number of carbonyl (C=O) groups excluding carboxylic acids is 1. The van der Waals surface area contributed by atoms with E-state index < -0.39 is 5.82 Å². The maximum atomic E-state index is 14.9. The van der Waals surface area contributed by atoms with E-state index in [1.165, 1.54) is 6.20 Å². The van der Waals surface area contributed by atoms with Crippen LogP contribution in [0, 0.1) is 12.7 Å². The third kappa shape index (κ3) is 3.63. The second-order valence-corrected chi connectivity index (χ2v) is 7.37. The number of likely N-dealkylation sites (tertiary alicyclic amines) is 1. The summed E-state index contributed by atoms with van der Waals surface area (Å²) in [6, 6.07) is 6.80. The van der Waals surface area contributed by atoms with Gasteiger partial charge in [0.05, 0.1) is 11.7 Å². The van der Waals surface area contributed by atoms with Gasteiger partial charge >= 0.3 is 0 Å². The van der Waals surface area contributed by atoms with Crippen molar-refractivity contribution in [2.75, 3.05) is 13.6 Å². The molecule has 1 amide bonds. The van der Waals surface area contributed by atoms with Gasteiger partial charge in [-0.3, -0.25) is 14.5 Å². The standard InChI is InChI=1S/C21H22FN5O3/c1-11-20(28)26-19-15(25-11)6-4-13(18(19)22)9-27-10-17(12(27)2)30-14-5-7-16(24-8-14)21(29)23-3/h4-8,12,17H,9-10H2,1-3H3,(H,23,29)(H,26,28)/t12-,17+/m1/s1. The van der Waals surface area contributed by atoms with Gasteiger partial charge in [-0.25, -0.2) is 14.4 Å². The van der Waals surface area contributed by atoms with Crippen molar-refractivity contribution in [2.24, 2.45) is 0 Å². The van der Waals surface area contributed by atoms with Gasteiger partial charge in [-0.15, -0.1) is 0 Å². The highest BCUT2D eigenvalue weighted by molar-refractivity contribution is 5.92. The molecule has 0 saturated carbocycles. The van der Waals surface area contributed by atoms with Crippen molar-refractivity contribution in [1.82, 2.24) is 25.2 Å². The van der Waals surface area contributed by atoms with Crippen LogP contribution in [-0.4, -0.2) is 51.5 Å². The van der Waals surface area contributed by atoms with Crippen LogP contribution >= 0.6 is 0 Å². The van der Waals surface area contributed by atoms with Gasteiger partial charge in [0, 0.05) is 31.7 Å². The summed E-state index contributed by atoms with van der Waals surface area (Å²) in [5.74, 6) is -0.133. The Morgan fingerprint density at radius 2 is 2.17 bits per heavy atom. The fourth-order valence-electron chi connectivity index (χ4n) is 3.48. The first kappa shape index (κ1) is 20.0. The smallest absolute Gasteiger partial charge is 0.269 e. The molecular weight excluding hydrogens is 389 g/mol. The number of aryl methyl sites for hydroxylation is 1. The summed E-state index contributed by atoms with van der Waals surface area (Å²) in [6.45, 7) is 4.62. The summed E-state index contributed by atoms with van der Waals surface area (Å²) >= 11 is 0. The molecule has 2 N–H and O–H groups in total. The highest BCUT2D eigenvalue weighted by Crippen LogP contribution is 2.27. The quantitative estimate of drug-likeness (QED) is 0.664. The van der Waals surface area contributed by atoms with E-state index in [1.54, 1.807) is 38.2 Å². The number of hydrogen-bond acceptors (Lipinski definition) is 6. The zero-order valence-corrected chi connectivity index (χ0v) is 16.9. The fourth-order valence-corrected chi connectivity index (χ4v) is 3.48. The molecule has 8 nitrogen and oxygen atoms in total. The van der Waals surface area contributed by atoms with Gasteiger partial charge in [0.2, 0.25) is 0 Å². The Kier molecular flexibility index (Phi) is 5.21. The number of benzene rings is 1. The fraction of sp³-hybridized carbons (Fsp3) is 0.333. The van der Waals surface area contributed by atoms with Crippen LogP contribution in [0.5, 0.6) is 5.75 Å². The van der Waals surface area contributed by atoms with E-state index in [9.17, 15) is 14.0 Å². The average Bonchev–Trinajstić information content (AvgIpc) is 2.75. The lowest BCUT2D eigenvalue weighted by molar-refractivity contribution is -0.0419. The number of hydrogen-bond donors (Lipinski definition) is 2. The third-order valence-electron chi connectivity index (χ3n) is 5.44. The van der Waals surface area contributed by atoms with Gasteiger partial charge in [0.1, 0.15) is 28.8 Å². The normalized spacial score (nSPS) is 18.8. The summed E-state index contributed by atoms with van der Waals surface area (Å²) in [7, 11) is 1.55. The van der Waals surface area contributed by atoms with E-state index in [2.05, 4.69) is 25.2 Å². The lowest BCUT2D eigenvalue weighted by Crippen LogP contribution is -2.60. The number of nitrogens with one attached hydrogen (secondary N) is 2. The van der Waals surface area contributed by atoms with Crippen LogP contribution in [0.2, 0.25) is 0 Å². The van der Waals surface area contributed by atoms with Crippen molar-refractivity contribution >= 4 is 16.9 Å². The van der Waals surface area contributed by atoms with Crippen molar-refractivity contribution in [3.05, 3.63) is 63.6 Å². The molecule has 2 aromatic heterocycles. The predicted molar refractivity (Wildman–Crippen MR) is 109 cm³/mol. The summed E-state index contributed by atoms with van der Waals surface area (Å²) in [4.78, 5) is 36.2. The minimum absolute atomic E-state index is 0.0638. The molecule has 1 aliphatic heterocycles. The van der Waals surface area contributed by atoms with Crippen molar-refractivity contribution < 1.29 is 13.9 Å². The third-order valence-corrected chi connectivity index (χ3v) is 5.44. The lowest BCUT2D eigenvalue weighted by Gasteiger charge is -2.45. The summed E-state index contributed by atoms with van der Waals surface area (Å²) in [5, 5.41) is 2.52. The molecule has 0 radical (unpaired) electrons. The van der Waals surface area contributed by atoms with E-state index in [1.807, 2.05) is 6.92 Å². The molecule has 1 saturated heterocycles. The number of nitrogens with zero attached hydrogens (tertiary/aromatic N) is 3. The largest absolute Gasteiger partial charge is 0.486 e. The minimum Gasteiger partial charge on any atom is -0.486 e. The highest BCUT2D eigenvalue weighted by atomic mass is 19.1. The molecule has 0 spiro atoms. The van der Waals surface area contributed by atoms with Crippen LogP contribution in [0.25, 0.3) is 11.0 Å². The number of ether oxygens (including phenoxy) is 1. The number of halogens is 1. The van der Waals surface area contributed by atoms with Gasteiger partial charge < -0.3 is 15.0 Å². The van der Waals surface area contributed by atoms with Gasteiger partial charge in [-0.05, 0) is 32.0 Å². The predicted octanol–water partition coefficient (Wildman–Crippen LogP) is 1.78. The van der Waals surface area contributed by atoms with E-state index in [0.29, 0.717) is 41.3 Å². The number of amides is 1. The molecule has 4 rings (SSSR count). The molecule has 156 valence electrons. The maximum absolute atomic E-state index is 14.9. The van der Waals surface area contributed by atoms with E-state index in [4.69, 9.17) is 4.74 Å². The van der Waals surface area contributed by atoms with Gasteiger partial charge in [-0.2, -0.15) is 0 Å². The van der Waals surface area contributed by atoms with Crippen LogP contribution < -0.4 is 15.6 Å². The van der Waals surface area contributed by atoms with Gasteiger partial charge in [-0.1, -0.05) is 6.07 Å². The highest BCUT2D eigenvalue weighted by Gasteiger charge is 2.37. The number of fused-ring (bicyclic) bond motifs is 1. The summed E-state index contributed by atoms with van der Waals surface area (Å²) in [5.41, 5.74) is 1.29.